The lowest BCUT2D eigenvalue weighted by Crippen LogP contribution is -2.21. The number of hydrogen-bond donors (Lipinski definition) is 1. The highest BCUT2D eigenvalue weighted by atomic mass is 16.5. The zero-order valence-electron chi connectivity index (χ0n) is 14.3. The molecule has 0 aliphatic rings. The summed E-state index contributed by atoms with van der Waals surface area (Å²) in [7, 11) is 0. The third-order valence-electron chi connectivity index (χ3n) is 3.29. The van der Waals surface area contributed by atoms with Gasteiger partial charge in [0.2, 0.25) is 0 Å². The van der Waals surface area contributed by atoms with Crippen molar-refractivity contribution in [1.82, 2.24) is 0 Å². The van der Waals surface area contributed by atoms with Crippen LogP contribution in [0, 0.1) is 6.92 Å². The smallest absolute Gasteiger partial charge is 0.165 e. The zero-order chi connectivity index (χ0) is 16.4. The third-order valence-corrected chi connectivity index (χ3v) is 3.29. The average molecular weight is 292 g/mol. The van der Waals surface area contributed by atoms with Gasteiger partial charge in [-0.15, -0.1) is 0 Å². The fourth-order valence-electron chi connectivity index (χ4n) is 2.11. The van der Waals surface area contributed by atoms with E-state index < -0.39 is 0 Å². The SMILES string of the molecule is Cc1cc(C(=O)CCOC(C)(C)C)cc(C(C)(C)C)c1O. The maximum absolute atomic E-state index is 12.3. The minimum Gasteiger partial charge on any atom is -0.507 e. The number of hydrogen-bond acceptors (Lipinski definition) is 3. The molecule has 0 saturated heterocycles. The lowest BCUT2D eigenvalue weighted by molar-refractivity contribution is -0.00229. The number of phenolic OH excluding ortho intramolecular Hbond substituents is 1. The van der Waals surface area contributed by atoms with Gasteiger partial charge in [0.1, 0.15) is 5.75 Å². The van der Waals surface area contributed by atoms with Crippen LogP contribution in [0.15, 0.2) is 12.1 Å². The molecule has 3 heteroatoms. The van der Waals surface area contributed by atoms with E-state index >= 15 is 0 Å². The standard InChI is InChI=1S/C18H28O3/c1-12-10-13(11-14(16(12)20)17(2,3)4)15(19)8-9-21-18(5,6)7/h10-11,20H,8-9H2,1-7H3. The fraction of sp³-hybridized carbons (Fsp3) is 0.611. The van der Waals surface area contributed by atoms with E-state index in [4.69, 9.17) is 4.74 Å². The number of carbonyl (C=O) groups excluding carboxylic acids is 1. The fourth-order valence-corrected chi connectivity index (χ4v) is 2.11. The molecule has 0 radical (unpaired) electrons. The van der Waals surface area contributed by atoms with E-state index in [2.05, 4.69) is 0 Å². The Bertz CT molecular complexity index is 516. The van der Waals surface area contributed by atoms with Crippen molar-refractivity contribution < 1.29 is 14.6 Å². The molecule has 0 unspecified atom stereocenters. The van der Waals surface area contributed by atoms with Crippen LogP contribution in [0.3, 0.4) is 0 Å². The number of aryl methyl sites for hydroxylation is 1. The Morgan fingerprint density at radius 3 is 2.19 bits per heavy atom. The number of ketones is 1. The van der Waals surface area contributed by atoms with Gasteiger partial charge in [0.25, 0.3) is 0 Å². The van der Waals surface area contributed by atoms with Crippen LogP contribution in [0.25, 0.3) is 0 Å². The first-order valence-electron chi connectivity index (χ1n) is 7.43. The van der Waals surface area contributed by atoms with Gasteiger partial charge in [0.15, 0.2) is 5.78 Å². The molecule has 0 spiro atoms. The minimum absolute atomic E-state index is 0.0489. The minimum atomic E-state index is -0.234. The molecule has 0 saturated carbocycles. The van der Waals surface area contributed by atoms with Crippen LogP contribution in [0.2, 0.25) is 0 Å². The summed E-state index contributed by atoms with van der Waals surface area (Å²) in [4.78, 5) is 12.3. The Morgan fingerprint density at radius 1 is 1.14 bits per heavy atom. The van der Waals surface area contributed by atoms with Gasteiger partial charge in [-0.3, -0.25) is 4.79 Å². The molecule has 0 amide bonds. The lowest BCUT2D eigenvalue weighted by atomic mass is 9.83. The van der Waals surface area contributed by atoms with Crippen molar-refractivity contribution in [2.24, 2.45) is 0 Å². The van der Waals surface area contributed by atoms with Crippen LogP contribution in [0.5, 0.6) is 5.75 Å². The van der Waals surface area contributed by atoms with Crippen molar-refractivity contribution in [3.63, 3.8) is 0 Å². The molecule has 0 aliphatic carbocycles. The summed E-state index contributed by atoms with van der Waals surface area (Å²) >= 11 is 0. The molecule has 0 aliphatic heterocycles. The van der Waals surface area contributed by atoms with E-state index in [0.717, 1.165) is 11.1 Å². The Morgan fingerprint density at radius 2 is 1.71 bits per heavy atom. The summed E-state index contributed by atoms with van der Waals surface area (Å²) in [5.41, 5.74) is 1.76. The second kappa shape index (κ2) is 6.18. The summed E-state index contributed by atoms with van der Waals surface area (Å²) in [6, 6.07) is 3.56. The predicted octanol–water partition coefficient (Wildman–Crippen LogP) is 4.39. The van der Waals surface area contributed by atoms with Gasteiger partial charge in [-0.25, -0.2) is 0 Å². The molecule has 1 rings (SSSR count). The van der Waals surface area contributed by atoms with Gasteiger partial charge in [0, 0.05) is 17.5 Å². The van der Waals surface area contributed by atoms with Crippen molar-refractivity contribution in [2.45, 2.75) is 65.9 Å². The second-order valence-electron chi connectivity index (χ2n) is 7.57. The molecule has 118 valence electrons. The predicted molar refractivity (Wildman–Crippen MR) is 86.2 cm³/mol. The van der Waals surface area contributed by atoms with Gasteiger partial charge in [0.05, 0.1) is 12.2 Å². The first-order chi connectivity index (χ1) is 9.42. The van der Waals surface area contributed by atoms with Crippen LogP contribution in [0.1, 0.15) is 69.4 Å². The van der Waals surface area contributed by atoms with Crippen molar-refractivity contribution in [3.05, 3.63) is 28.8 Å². The molecular formula is C18H28O3. The monoisotopic (exact) mass is 292 g/mol. The van der Waals surface area contributed by atoms with E-state index in [1.165, 1.54) is 0 Å². The lowest BCUT2D eigenvalue weighted by Gasteiger charge is -2.23. The van der Waals surface area contributed by atoms with Crippen LogP contribution >= 0.6 is 0 Å². The first-order valence-corrected chi connectivity index (χ1v) is 7.43. The molecule has 3 nitrogen and oxygen atoms in total. The van der Waals surface area contributed by atoms with Crippen molar-refractivity contribution in [1.29, 1.82) is 0 Å². The van der Waals surface area contributed by atoms with Crippen molar-refractivity contribution in [2.75, 3.05) is 6.61 Å². The van der Waals surface area contributed by atoms with Gasteiger partial charge < -0.3 is 9.84 Å². The van der Waals surface area contributed by atoms with Gasteiger partial charge in [-0.1, -0.05) is 20.8 Å². The van der Waals surface area contributed by atoms with Crippen molar-refractivity contribution >= 4 is 5.78 Å². The van der Waals surface area contributed by atoms with E-state index in [-0.39, 0.29) is 22.5 Å². The van der Waals surface area contributed by atoms with Gasteiger partial charge in [-0.2, -0.15) is 0 Å². The van der Waals surface area contributed by atoms with E-state index in [1.54, 1.807) is 6.07 Å². The Kier molecular flexibility index (Phi) is 5.21. The third kappa shape index (κ3) is 5.16. The summed E-state index contributed by atoms with van der Waals surface area (Å²) < 4.78 is 5.60. The number of Topliss-reactive ketones (excluding diaryl/α,β-unsaturated/α-hetero) is 1. The summed E-state index contributed by atoms with van der Waals surface area (Å²) in [5, 5.41) is 10.2. The van der Waals surface area contributed by atoms with E-state index in [9.17, 15) is 9.90 Å². The van der Waals surface area contributed by atoms with Crippen LogP contribution in [-0.4, -0.2) is 23.1 Å². The number of benzene rings is 1. The Hall–Kier alpha value is -1.35. The molecule has 0 heterocycles. The van der Waals surface area contributed by atoms with E-state index in [0.29, 0.717) is 18.6 Å². The van der Waals surface area contributed by atoms with Crippen molar-refractivity contribution in [3.8, 4) is 5.75 Å². The van der Waals surface area contributed by atoms with Gasteiger partial charge >= 0.3 is 0 Å². The number of aromatic hydroxyl groups is 1. The number of rotatable bonds is 4. The Balaban J connectivity index is 2.94. The van der Waals surface area contributed by atoms with Crippen LogP contribution < -0.4 is 0 Å². The topological polar surface area (TPSA) is 46.5 Å². The largest absolute Gasteiger partial charge is 0.507 e. The number of phenols is 1. The summed E-state index contributed by atoms with van der Waals surface area (Å²) in [6.45, 7) is 14.2. The average Bonchev–Trinajstić information content (AvgIpc) is 2.29. The molecule has 1 N–H and O–H groups in total. The van der Waals surface area contributed by atoms with Gasteiger partial charge in [-0.05, 0) is 50.8 Å². The summed E-state index contributed by atoms with van der Waals surface area (Å²) in [6.07, 6.45) is 0.352. The molecule has 0 aromatic heterocycles. The second-order valence-corrected chi connectivity index (χ2v) is 7.57. The zero-order valence-corrected chi connectivity index (χ0v) is 14.3. The molecule has 0 bridgehead atoms. The Labute approximate surface area is 128 Å². The molecule has 0 fully saturated rings. The normalized spacial score (nSPS) is 12.5. The van der Waals surface area contributed by atoms with E-state index in [1.807, 2.05) is 54.5 Å². The number of carbonyl (C=O) groups is 1. The highest BCUT2D eigenvalue weighted by Crippen LogP contribution is 2.34. The maximum Gasteiger partial charge on any atom is 0.165 e. The van der Waals surface area contributed by atoms with Crippen LogP contribution in [0.4, 0.5) is 0 Å². The summed E-state index contributed by atoms with van der Waals surface area (Å²) in [5.74, 6) is 0.331. The molecule has 1 aromatic rings. The molecule has 0 atom stereocenters. The molecule has 1 aromatic carbocycles. The quantitative estimate of drug-likeness (QED) is 0.837. The highest BCUT2D eigenvalue weighted by molar-refractivity contribution is 5.96. The first kappa shape index (κ1) is 17.7. The molecular weight excluding hydrogens is 264 g/mol. The number of ether oxygens (including phenoxy) is 1. The highest BCUT2D eigenvalue weighted by Gasteiger charge is 2.22. The van der Waals surface area contributed by atoms with Crippen LogP contribution in [-0.2, 0) is 10.2 Å². The maximum atomic E-state index is 12.3. The molecule has 21 heavy (non-hydrogen) atoms.